The van der Waals surface area contributed by atoms with Crippen LogP contribution in [0, 0.1) is 0 Å². The van der Waals surface area contributed by atoms with Gasteiger partial charge in [0.15, 0.2) is 11.8 Å². The van der Waals surface area contributed by atoms with Crippen molar-refractivity contribution in [2.75, 3.05) is 13.6 Å². The summed E-state index contributed by atoms with van der Waals surface area (Å²) in [6.45, 7) is 6.38. The molecule has 3 N–H and O–H groups in total. The normalized spacial score (nSPS) is 11.9. The van der Waals surface area contributed by atoms with Gasteiger partial charge < -0.3 is 16.0 Å². The van der Waals surface area contributed by atoms with Gasteiger partial charge in [-0.15, -0.1) is 10.2 Å². The van der Waals surface area contributed by atoms with Crippen molar-refractivity contribution in [1.82, 2.24) is 30.7 Å². The number of benzene rings is 1. The minimum absolute atomic E-state index is 0.0945. The first kappa shape index (κ1) is 18.4. The molecule has 1 amide bonds. The molecule has 0 aliphatic heterocycles. The van der Waals surface area contributed by atoms with Crippen LogP contribution in [0.1, 0.15) is 26.6 Å². The topological polar surface area (TPSA) is 96.2 Å². The van der Waals surface area contributed by atoms with Crippen LogP contribution >= 0.6 is 0 Å². The van der Waals surface area contributed by atoms with Gasteiger partial charge >= 0.3 is 0 Å². The molecular formula is C17H25N7O. The summed E-state index contributed by atoms with van der Waals surface area (Å²) in [7, 11) is 1.65. The molecule has 1 heterocycles. The second kappa shape index (κ2) is 8.27. The molecule has 0 atom stereocenters. The second-order valence-electron chi connectivity index (χ2n) is 6.53. The molecule has 0 aliphatic carbocycles. The number of guanidine groups is 1. The van der Waals surface area contributed by atoms with Crippen LogP contribution < -0.4 is 16.0 Å². The zero-order valence-corrected chi connectivity index (χ0v) is 15.1. The fraction of sp³-hybridized carbons (Fsp3) is 0.412. The van der Waals surface area contributed by atoms with Crippen molar-refractivity contribution in [3.63, 3.8) is 0 Å². The van der Waals surface area contributed by atoms with Crippen LogP contribution in [0.4, 0.5) is 0 Å². The lowest BCUT2D eigenvalue weighted by atomic mass is 10.1. The molecule has 1 aromatic carbocycles. The van der Waals surface area contributed by atoms with Crippen molar-refractivity contribution >= 4 is 11.9 Å². The SMILES string of the molecule is CN=C(NCC(=O)NC(C)(C)C)NCc1nncn1-c1ccccc1. The van der Waals surface area contributed by atoms with Gasteiger partial charge in [-0.2, -0.15) is 0 Å². The number of hydrogen-bond acceptors (Lipinski definition) is 4. The molecular weight excluding hydrogens is 318 g/mol. The van der Waals surface area contributed by atoms with Crippen LogP contribution in [0.2, 0.25) is 0 Å². The van der Waals surface area contributed by atoms with Gasteiger partial charge in [0.1, 0.15) is 6.33 Å². The van der Waals surface area contributed by atoms with Crippen LogP contribution in [-0.4, -0.2) is 45.8 Å². The van der Waals surface area contributed by atoms with E-state index in [1.54, 1.807) is 13.4 Å². The highest BCUT2D eigenvalue weighted by atomic mass is 16.2. The summed E-state index contributed by atoms with van der Waals surface area (Å²) >= 11 is 0. The number of carbonyl (C=O) groups is 1. The van der Waals surface area contributed by atoms with Crippen molar-refractivity contribution in [3.05, 3.63) is 42.5 Å². The van der Waals surface area contributed by atoms with Crippen LogP contribution in [-0.2, 0) is 11.3 Å². The Bertz CT molecular complexity index is 716. The molecule has 0 saturated carbocycles. The Morgan fingerprint density at radius 1 is 1.20 bits per heavy atom. The molecule has 0 radical (unpaired) electrons. The lowest BCUT2D eigenvalue weighted by Crippen LogP contribution is -2.48. The molecule has 0 fully saturated rings. The van der Waals surface area contributed by atoms with E-state index in [1.807, 2.05) is 55.7 Å². The molecule has 0 aliphatic rings. The van der Waals surface area contributed by atoms with Crippen molar-refractivity contribution in [2.45, 2.75) is 32.9 Å². The predicted octanol–water partition coefficient (Wildman–Crippen LogP) is 0.847. The number of rotatable bonds is 5. The van der Waals surface area contributed by atoms with E-state index in [-0.39, 0.29) is 18.0 Å². The first-order valence-electron chi connectivity index (χ1n) is 8.09. The van der Waals surface area contributed by atoms with Crippen molar-refractivity contribution in [3.8, 4) is 5.69 Å². The number of hydrogen-bond donors (Lipinski definition) is 3. The fourth-order valence-electron chi connectivity index (χ4n) is 2.19. The minimum atomic E-state index is -0.262. The summed E-state index contributed by atoms with van der Waals surface area (Å²) in [4.78, 5) is 16.0. The summed E-state index contributed by atoms with van der Waals surface area (Å²) in [5, 5.41) is 17.1. The van der Waals surface area contributed by atoms with Crippen molar-refractivity contribution in [1.29, 1.82) is 0 Å². The number of amides is 1. The highest BCUT2D eigenvalue weighted by Crippen LogP contribution is 2.08. The third-order valence-corrected chi connectivity index (χ3v) is 3.22. The van der Waals surface area contributed by atoms with E-state index in [1.165, 1.54) is 0 Å². The number of para-hydroxylation sites is 1. The number of aromatic nitrogens is 3. The van der Waals surface area contributed by atoms with Crippen LogP contribution in [0.25, 0.3) is 5.69 Å². The van der Waals surface area contributed by atoms with Crippen LogP contribution in [0.15, 0.2) is 41.7 Å². The third kappa shape index (κ3) is 5.91. The molecule has 1 aromatic heterocycles. The zero-order chi connectivity index (χ0) is 18.3. The molecule has 134 valence electrons. The smallest absolute Gasteiger partial charge is 0.239 e. The number of nitrogens with zero attached hydrogens (tertiary/aromatic N) is 4. The van der Waals surface area contributed by atoms with E-state index in [0.29, 0.717) is 12.5 Å². The lowest BCUT2D eigenvalue weighted by Gasteiger charge is -2.21. The predicted molar refractivity (Wildman–Crippen MR) is 97.5 cm³/mol. The van der Waals surface area contributed by atoms with Crippen molar-refractivity contribution in [2.24, 2.45) is 4.99 Å². The standard InChI is InChI=1S/C17H25N7O/c1-17(2,3)22-15(25)11-20-16(18-4)19-10-14-23-21-12-24(14)13-8-6-5-7-9-13/h5-9,12H,10-11H2,1-4H3,(H,22,25)(H2,18,19,20). The monoisotopic (exact) mass is 343 g/mol. The Kier molecular flexibility index (Phi) is 6.10. The Morgan fingerprint density at radius 3 is 2.56 bits per heavy atom. The van der Waals surface area contributed by atoms with E-state index in [0.717, 1.165) is 11.5 Å². The zero-order valence-electron chi connectivity index (χ0n) is 15.1. The highest BCUT2D eigenvalue weighted by molar-refractivity contribution is 5.86. The van der Waals surface area contributed by atoms with Crippen molar-refractivity contribution < 1.29 is 4.79 Å². The highest BCUT2D eigenvalue weighted by Gasteiger charge is 2.14. The molecule has 0 spiro atoms. The Hall–Kier alpha value is -2.90. The second-order valence-corrected chi connectivity index (χ2v) is 6.53. The van der Waals surface area contributed by atoms with Gasteiger partial charge in [-0.05, 0) is 32.9 Å². The molecule has 25 heavy (non-hydrogen) atoms. The first-order chi connectivity index (χ1) is 11.9. The minimum Gasteiger partial charge on any atom is -0.350 e. The Morgan fingerprint density at radius 2 is 1.92 bits per heavy atom. The number of nitrogens with one attached hydrogen (secondary N) is 3. The van der Waals surface area contributed by atoms with Gasteiger partial charge in [-0.25, -0.2) is 0 Å². The first-order valence-corrected chi connectivity index (χ1v) is 8.09. The lowest BCUT2D eigenvalue weighted by molar-refractivity contribution is -0.121. The van der Waals surface area contributed by atoms with Gasteiger partial charge in [0.05, 0.1) is 13.1 Å². The van der Waals surface area contributed by atoms with E-state index >= 15 is 0 Å². The van der Waals surface area contributed by atoms with E-state index in [9.17, 15) is 4.79 Å². The largest absolute Gasteiger partial charge is 0.350 e. The summed E-state index contributed by atoms with van der Waals surface area (Å²) in [5.74, 6) is 1.17. The Labute approximate surface area is 147 Å². The summed E-state index contributed by atoms with van der Waals surface area (Å²) in [6.07, 6.45) is 1.67. The quantitative estimate of drug-likeness (QED) is 0.552. The van der Waals surface area contributed by atoms with Gasteiger partial charge in [-0.3, -0.25) is 14.4 Å². The molecule has 2 aromatic rings. The van der Waals surface area contributed by atoms with E-state index < -0.39 is 0 Å². The maximum atomic E-state index is 11.9. The molecule has 8 heteroatoms. The summed E-state index contributed by atoms with van der Waals surface area (Å²) < 4.78 is 1.90. The van der Waals surface area contributed by atoms with Gasteiger partial charge in [0.2, 0.25) is 5.91 Å². The van der Waals surface area contributed by atoms with E-state index in [4.69, 9.17) is 0 Å². The maximum Gasteiger partial charge on any atom is 0.239 e. The van der Waals surface area contributed by atoms with Gasteiger partial charge in [0, 0.05) is 18.3 Å². The molecule has 8 nitrogen and oxygen atoms in total. The average molecular weight is 343 g/mol. The Balaban J connectivity index is 1.90. The summed E-state index contributed by atoms with van der Waals surface area (Å²) in [6, 6.07) is 9.84. The average Bonchev–Trinajstić information content (AvgIpc) is 3.03. The van der Waals surface area contributed by atoms with Gasteiger partial charge in [-0.1, -0.05) is 18.2 Å². The molecule has 0 bridgehead atoms. The molecule has 0 saturated heterocycles. The van der Waals surface area contributed by atoms with Crippen LogP contribution in [0.5, 0.6) is 0 Å². The van der Waals surface area contributed by atoms with Gasteiger partial charge in [0.25, 0.3) is 0 Å². The molecule has 0 unspecified atom stereocenters. The molecule has 2 rings (SSSR count). The van der Waals surface area contributed by atoms with Crippen LogP contribution in [0.3, 0.4) is 0 Å². The number of carbonyl (C=O) groups excluding carboxylic acids is 1. The van der Waals surface area contributed by atoms with E-state index in [2.05, 4.69) is 31.1 Å². The fourth-order valence-corrected chi connectivity index (χ4v) is 2.19. The maximum absolute atomic E-state index is 11.9. The summed E-state index contributed by atoms with van der Waals surface area (Å²) in [5.41, 5.74) is 0.721. The third-order valence-electron chi connectivity index (χ3n) is 3.22. The number of aliphatic imine (C=N–C) groups is 1.